The summed E-state index contributed by atoms with van der Waals surface area (Å²) >= 11 is 12.7. The van der Waals surface area contributed by atoms with Gasteiger partial charge in [0, 0.05) is 30.0 Å². The normalized spacial score (nSPS) is 10.8. The summed E-state index contributed by atoms with van der Waals surface area (Å²) < 4.78 is 10.5. The van der Waals surface area contributed by atoms with E-state index in [0.29, 0.717) is 40.5 Å². The van der Waals surface area contributed by atoms with Crippen LogP contribution in [0.3, 0.4) is 0 Å². The summed E-state index contributed by atoms with van der Waals surface area (Å²) in [6.45, 7) is 0.933. The Morgan fingerprint density at radius 3 is 2.56 bits per heavy atom. The van der Waals surface area contributed by atoms with Gasteiger partial charge in [0.05, 0.1) is 22.3 Å². The quantitative estimate of drug-likeness (QED) is 0.483. The highest BCUT2D eigenvalue weighted by Crippen LogP contribution is 2.41. The first kappa shape index (κ1) is 17.6. The molecule has 0 saturated heterocycles. The highest BCUT2D eigenvalue weighted by atomic mass is 35.5. The smallest absolute Gasteiger partial charge is 0.209 e. The molecule has 0 atom stereocenters. The lowest BCUT2D eigenvalue weighted by atomic mass is 9.97. The van der Waals surface area contributed by atoms with Gasteiger partial charge in [0.2, 0.25) is 5.88 Å². The van der Waals surface area contributed by atoms with Crippen molar-refractivity contribution >= 4 is 28.9 Å². The number of ether oxygens (including phenoxy) is 2. The van der Waals surface area contributed by atoms with Crippen LogP contribution in [-0.2, 0) is 4.74 Å². The van der Waals surface area contributed by atoms with Crippen LogP contribution in [0, 0.1) is 0 Å². The van der Waals surface area contributed by atoms with Gasteiger partial charge in [-0.2, -0.15) is 5.10 Å². The lowest BCUT2D eigenvalue weighted by Gasteiger charge is -2.12. The number of nitrogen functional groups attached to an aromatic ring is 1. The Bertz CT molecular complexity index is 863. The predicted molar refractivity (Wildman–Crippen MR) is 101 cm³/mol. The van der Waals surface area contributed by atoms with Gasteiger partial charge in [0.25, 0.3) is 0 Å². The molecule has 5 nitrogen and oxygen atoms in total. The summed E-state index contributed by atoms with van der Waals surface area (Å²) in [4.78, 5) is 0. The van der Waals surface area contributed by atoms with Crippen molar-refractivity contribution in [2.45, 2.75) is 0 Å². The number of methoxy groups -OCH3 is 1. The highest BCUT2D eigenvalue weighted by molar-refractivity contribution is 6.44. The minimum Gasteiger partial charge on any atom is -0.476 e. The van der Waals surface area contributed by atoms with E-state index in [4.69, 9.17) is 38.4 Å². The van der Waals surface area contributed by atoms with Gasteiger partial charge in [-0.1, -0.05) is 41.4 Å². The Balaban J connectivity index is 2.02. The molecule has 3 aromatic rings. The van der Waals surface area contributed by atoms with E-state index in [2.05, 4.69) is 10.2 Å². The van der Waals surface area contributed by atoms with Crippen molar-refractivity contribution in [1.82, 2.24) is 10.2 Å². The number of nitrogens with zero attached hydrogens (tertiary/aromatic N) is 1. The molecule has 0 aliphatic rings. The topological polar surface area (TPSA) is 73.2 Å². The van der Waals surface area contributed by atoms with Crippen LogP contribution >= 0.6 is 23.2 Å². The van der Waals surface area contributed by atoms with Crippen molar-refractivity contribution in [1.29, 1.82) is 0 Å². The average Bonchev–Trinajstić information content (AvgIpc) is 3.07. The highest BCUT2D eigenvalue weighted by Gasteiger charge is 2.17. The molecule has 3 rings (SSSR count). The van der Waals surface area contributed by atoms with Crippen LogP contribution in [0.2, 0.25) is 10.0 Å². The second-order valence-electron chi connectivity index (χ2n) is 5.36. The SMILES string of the molecule is COCCOc1cc(-c2ccc(Cl)c(Cl)c2-c2ccc(N)cc2)n[nH]1. The number of halogens is 2. The van der Waals surface area contributed by atoms with Gasteiger partial charge in [0.1, 0.15) is 6.61 Å². The number of aromatic amines is 1. The predicted octanol–water partition coefficient (Wildman–Crippen LogP) is 4.66. The van der Waals surface area contributed by atoms with Gasteiger partial charge in [-0.05, 0) is 23.8 Å². The summed E-state index contributed by atoms with van der Waals surface area (Å²) in [6, 6.07) is 12.9. The number of nitrogens with two attached hydrogens (primary N) is 1. The van der Waals surface area contributed by atoms with Gasteiger partial charge in [0.15, 0.2) is 0 Å². The molecule has 1 heterocycles. The number of hydrogen-bond donors (Lipinski definition) is 2. The summed E-state index contributed by atoms with van der Waals surface area (Å²) in [5, 5.41) is 8.13. The molecule has 0 spiro atoms. The molecule has 3 N–H and O–H groups in total. The average molecular weight is 378 g/mol. The zero-order valence-corrected chi connectivity index (χ0v) is 15.1. The lowest BCUT2D eigenvalue weighted by Crippen LogP contribution is -2.04. The van der Waals surface area contributed by atoms with Crippen LogP contribution < -0.4 is 10.5 Å². The van der Waals surface area contributed by atoms with Crippen molar-refractivity contribution in [3.8, 4) is 28.3 Å². The van der Waals surface area contributed by atoms with E-state index >= 15 is 0 Å². The number of hydrogen-bond acceptors (Lipinski definition) is 4. The van der Waals surface area contributed by atoms with Crippen LogP contribution in [0.5, 0.6) is 5.88 Å². The molecular formula is C18H17Cl2N3O2. The van der Waals surface area contributed by atoms with Gasteiger partial charge in [-0.25, -0.2) is 5.10 Å². The minimum atomic E-state index is 0.435. The molecule has 0 saturated carbocycles. The van der Waals surface area contributed by atoms with E-state index < -0.39 is 0 Å². The van der Waals surface area contributed by atoms with Crippen LogP contribution in [0.4, 0.5) is 5.69 Å². The van der Waals surface area contributed by atoms with Crippen LogP contribution in [0.25, 0.3) is 22.4 Å². The molecule has 7 heteroatoms. The van der Waals surface area contributed by atoms with Gasteiger partial charge >= 0.3 is 0 Å². The number of aromatic nitrogens is 2. The van der Waals surface area contributed by atoms with Crippen molar-refractivity contribution in [2.24, 2.45) is 0 Å². The van der Waals surface area contributed by atoms with Crippen LogP contribution in [0.15, 0.2) is 42.5 Å². The van der Waals surface area contributed by atoms with Gasteiger partial charge in [-0.3, -0.25) is 0 Å². The number of H-pyrrole nitrogens is 1. The monoisotopic (exact) mass is 377 g/mol. The van der Waals surface area contributed by atoms with Crippen LogP contribution in [-0.4, -0.2) is 30.5 Å². The largest absolute Gasteiger partial charge is 0.476 e. The number of anilines is 1. The molecule has 1 aromatic heterocycles. The number of rotatable bonds is 6. The number of benzene rings is 2. The third kappa shape index (κ3) is 3.90. The Morgan fingerprint density at radius 2 is 1.84 bits per heavy atom. The molecule has 0 fully saturated rings. The first-order chi connectivity index (χ1) is 12.1. The van der Waals surface area contributed by atoms with E-state index in [-0.39, 0.29) is 0 Å². The molecule has 25 heavy (non-hydrogen) atoms. The molecule has 0 amide bonds. The Labute approximate surface area is 155 Å². The summed E-state index contributed by atoms with van der Waals surface area (Å²) in [5.74, 6) is 0.557. The van der Waals surface area contributed by atoms with Crippen molar-refractivity contribution in [3.05, 3.63) is 52.5 Å². The summed E-state index contributed by atoms with van der Waals surface area (Å²) in [7, 11) is 1.62. The molecule has 2 aromatic carbocycles. The molecule has 0 radical (unpaired) electrons. The standard InChI is InChI=1S/C18H17Cl2N3O2/c1-24-8-9-25-16-10-15(22-23-16)13-6-7-14(19)18(20)17(13)11-2-4-12(21)5-3-11/h2-7,10H,8-9,21H2,1H3,(H,22,23). The fourth-order valence-corrected chi connectivity index (χ4v) is 2.88. The zero-order chi connectivity index (χ0) is 17.8. The molecule has 0 unspecified atom stereocenters. The van der Waals surface area contributed by atoms with E-state index in [1.807, 2.05) is 36.4 Å². The first-order valence-corrected chi connectivity index (χ1v) is 8.37. The van der Waals surface area contributed by atoms with E-state index in [9.17, 15) is 0 Å². The maximum atomic E-state index is 6.48. The summed E-state index contributed by atoms with van der Waals surface area (Å²) in [6.07, 6.45) is 0. The van der Waals surface area contributed by atoms with Crippen molar-refractivity contribution in [2.75, 3.05) is 26.1 Å². The Morgan fingerprint density at radius 1 is 1.08 bits per heavy atom. The lowest BCUT2D eigenvalue weighted by molar-refractivity contribution is 0.143. The molecule has 0 aliphatic carbocycles. The van der Waals surface area contributed by atoms with Crippen molar-refractivity contribution in [3.63, 3.8) is 0 Å². The molecule has 130 valence electrons. The van der Waals surface area contributed by atoms with Gasteiger partial charge < -0.3 is 15.2 Å². The van der Waals surface area contributed by atoms with E-state index in [0.717, 1.165) is 16.7 Å². The number of nitrogens with one attached hydrogen (secondary N) is 1. The van der Waals surface area contributed by atoms with Gasteiger partial charge in [-0.15, -0.1) is 0 Å². The Kier molecular flexibility index (Phi) is 5.48. The maximum Gasteiger partial charge on any atom is 0.209 e. The second-order valence-corrected chi connectivity index (χ2v) is 6.15. The van der Waals surface area contributed by atoms with Crippen LogP contribution in [0.1, 0.15) is 0 Å². The first-order valence-electron chi connectivity index (χ1n) is 7.61. The minimum absolute atomic E-state index is 0.435. The fraction of sp³-hybridized carbons (Fsp3) is 0.167. The molecule has 0 aliphatic heterocycles. The maximum absolute atomic E-state index is 6.48. The molecular weight excluding hydrogens is 361 g/mol. The van der Waals surface area contributed by atoms with Crippen molar-refractivity contribution < 1.29 is 9.47 Å². The Hall–Kier alpha value is -2.21. The third-order valence-electron chi connectivity index (χ3n) is 3.67. The van der Waals surface area contributed by atoms with E-state index in [1.54, 1.807) is 13.2 Å². The molecule has 0 bridgehead atoms. The van der Waals surface area contributed by atoms with E-state index in [1.165, 1.54) is 0 Å². The zero-order valence-electron chi connectivity index (χ0n) is 13.6. The third-order valence-corrected chi connectivity index (χ3v) is 4.47. The second kappa shape index (κ2) is 7.78. The fourth-order valence-electron chi connectivity index (χ4n) is 2.45. The summed E-state index contributed by atoms with van der Waals surface area (Å²) in [5.41, 5.74) is 9.71.